The molecule has 7 heteroatoms. The van der Waals surface area contributed by atoms with Crippen molar-refractivity contribution in [3.63, 3.8) is 0 Å². The second-order valence-corrected chi connectivity index (χ2v) is 7.00. The minimum absolute atomic E-state index is 0.174. The molecule has 3 rings (SSSR count). The highest BCUT2D eigenvalue weighted by molar-refractivity contribution is 6.01. The SMILES string of the molecule is COC(=O)C1=C[C@]2(CCCC2=O)[C@](O)(C(=O)OC)C[C@@H]1c1ccc(F)cc1. The van der Waals surface area contributed by atoms with Crippen molar-refractivity contribution in [3.05, 3.63) is 47.3 Å². The number of hydrogen-bond donors (Lipinski definition) is 1. The number of methoxy groups -OCH3 is 2. The molecule has 1 aromatic rings. The summed E-state index contributed by atoms with van der Waals surface area (Å²) in [6, 6.07) is 5.41. The lowest BCUT2D eigenvalue weighted by atomic mass is 9.59. The number of esters is 2. The van der Waals surface area contributed by atoms with E-state index in [1.54, 1.807) is 0 Å². The monoisotopic (exact) mass is 376 g/mol. The Hall–Kier alpha value is -2.54. The van der Waals surface area contributed by atoms with E-state index in [1.807, 2.05) is 0 Å². The number of aliphatic hydroxyl groups is 1. The Labute approximate surface area is 156 Å². The number of carbonyl (C=O) groups excluding carboxylic acids is 3. The molecule has 3 atom stereocenters. The Balaban J connectivity index is 2.22. The van der Waals surface area contributed by atoms with Crippen molar-refractivity contribution in [3.8, 4) is 0 Å². The van der Waals surface area contributed by atoms with E-state index in [2.05, 4.69) is 0 Å². The van der Waals surface area contributed by atoms with Crippen molar-refractivity contribution in [1.29, 1.82) is 0 Å². The largest absolute Gasteiger partial charge is 0.467 e. The predicted octanol–water partition coefficient (Wildman–Crippen LogP) is 2.06. The van der Waals surface area contributed by atoms with E-state index in [0.717, 1.165) is 7.11 Å². The van der Waals surface area contributed by atoms with Gasteiger partial charge in [0.05, 0.1) is 19.6 Å². The van der Waals surface area contributed by atoms with Crippen molar-refractivity contribution in [2.45, 2.75) is 37.2 Å². The molecular weight excluding hydrogens is 355 g/mol. The van der Waals surface area contributed by atoms with Gasteiger partial charge in [-0.25, -0.2) is 14.0 Å². The second-order valence-electron chi connectivity index (χ2n) is 7.00. The molecule has 144 valence electrons. The topological polar surface area (TPSA) is 89.9 Å². The molecule has 27 heavy (non-hydrogen) atoms. The number of ketones is 1. The lowest BCUT2D eigenvalue weighted by Gasteiger charge is -2.45. The lowest BCUT2D eigenvalue weighted by molar-refractivity contribution is -0.180. The van der Waals surface area contributed by atoms with Crippen LogP contribution in [0.2, 0.25) is 0 Å². The zero-order valence-corrected chi connectivity index (χ0v) is 15.2. The molecule has 0 radical (unpaired) electrons. The zero-order chi connectivity index (χ0) is 19.8. The van der Waals surface area contributed by atoms with Crippen molar-refractivity contribution >= 4 is 17.7 Å². The van der Waals surface area contributed by atoms with Gasteiger partial charge in [0.2, 0.25) is 0 Å². The molecule has 1 spiro atoms. The van der Waals surface area contributed by atoms with Gasteiger partial charge < -0.3 is 14.6 Å². The first kappa shape index (κ1) is 19.2. The summed E-state index contributed by atoms with van der Waals surface area (Å²) in [5.74, 6) is -3.10. The molecule has 0 bridgehead atoms. The number of halogens is 1. The summed E-state index contributed by atoms with van der Waals surface area (Å²) >= 11 is 0. The number of Topliss-reactive ketones (excluding diaryl/α,β-unsaturated/α-hetero) is 1. The smallest absolute Gasteiger partial charge is 0.339 e. The molecule has 2 aliphatic rings. The van der Waals surface area contributed by atoms with E-state index < -0.39 is 34.7 Å². The predicted molar refractivity (Wildman–Crippen MR) is 92.1 cm³/mol. The first-order valence-electron chi connectivity index (χ1n) is 8.69. The second kappa shape index (κ2) is 6.88. The number of hydrogen-bond acceptors (Lipinski definition) is 6. The lowest BCUT2D eigenvalue weighted by Crippen LogP contribution is -2.59. The Morgan fingerprint density at radius 2 is 1.85 bits per heavy atom. The van der Waals surface area contributed by atoms with Crippen LogP contribution >= 0.6 is 0 Å². The molecule has 1 N–H and O–H groups in total. The van der Waals surface area contributed by atoms with Gasteiger partial charge >= 0.3 is 11.9 Å². The first-order valence-corrected chi connectivity index (χ1v) is 8.69. The van der Waals surface area contributed by atoms with Crippen LogP contribution in [0, 0.1) is 11.2 Å². The normalized spacial score (nSPS) is 30.1. The summed E-state index contributed by atoms with van der Waals surface area (Å²) in [7, 11) is 2.36. The molecule has 0 saturated heterocycles. The van der Waals surface area contributed by atoms with Crippen LogP contribution in [-0.2, 0) is 23.9 Å². The molecule has 0 unspecified atom stereocenters. The number of benzene rings is 1. The van der Waals surface area contributed by atoms with Gasteiger partial charge in [-0.15, -0.1) is 0 Å². The first-order chi connectivity index (χ1) is 12.8. The van der Waals surface area contributed by atoms with Gasteiger partial charge in [0.1, 0.15) is 11.6 Å². The van der Waals surface area contributed by atoms with Gasteiger partial charge in [0, 0.05) is 17.9 Å². The minimum Gasteiger partial charge on any atom is -0.467 e. The van der Waals surface area contributed by atoms with Crippen LogP contribution in [0.15, 0.2) is 35.9 Å². The Bertz CT molecular complexity index is 814. The zero-order valence-electron chi connectivity index (χ0n) is 15.2. The quantitative estimate of drug-likeness (QED) is 0.812. The van der Waals surface area contributed by atoms with Crippen LogP contribution < -0.4 is 0 Å². The van der Waals surface area contributed by atoms with Crippen molar-refractivity contribution < 1.29 is 33.4 Å². The highest BCUT2D eigenvalue weighted by atomic mass is 19.1. The third kappa shape index (κ3) is 2.86. The third-order valence-electron chi connectivity index (χ3n) is 5.70. The van der Waals surface area contributed by atoms with Gasteiger partial charge in [-0.2, -0.15) is 0 Å². The van der Waals surface area contributed by atoms with E-state index in [-0.39, 0.29) is 30.6 Å². The molecule has 1 aromatic carbocycles. The highest BCUT2D eigenvalue weighted by Gasteiger charge is 2.64. The van der Waals surface area contributed by atoms with Crippen LogP contribution in [-0.4, -0.2) is 42.6 Å². The summed E-state index contributed by atoms with van der Waals surface area (Å²) in [6.07, 6.45) is 2.06. The van der Waals surface area contributed by atoms with Crippen LogP contribution in [0.25, 0.3) is 0 Å². The maximum Gasteiger partial charge on any atom is 0.339 e. The van der Waals surface area contributed by atoms with Gasteiger partial charge in [0.25, 0.3) is 0 Å². The molecule has 0 heterocycles. The van der Waals surface area contributed by atoms with Gasteiger partial charge in [-0.05, 0) is 37.0 Å². The number of ether oxygens (including phenoxy) is 2. The van der Waals surface area contributed by atoms with Crippen LogP contribution in [0.1, 0.15) is 37.2 Å². The molecular formula is C20H21FO6. The maximum absolute atomic E-state index is 13.3. The van der Waals surface area contributed by atoms with E-state index in [4.69, 9.17) is 9.47 Å². The molecule has 1 saturated carbocycles. The maximum atomic E-state index is 13.3. The molecule has 0 aliphatic heterocycles. The minimum atomic E-state index is -2.12. The molecule has 2 aliphatic carbocycles. The van der Waals surface area contributed by atoms with Gasteiger partial charge in [-0.1, -0.05) is 18.2 Å². The average molecular weight is 376 g/mol. The van der Waals surface area contributed by atoms with Crippen LogP contribution in [0.4, 0.5) is 4.39 Å². The van der Waals surface area contributed by atoms with Crippen molar-refractivity contribution in [2.75, 3.05) is 14.2 Å². The number of rotatable bonds is 3. The fourth-order valence-corrected chi connectivity index (χ4v) is 4.30. The summed E-state index contributed by atoms with van der Waals surface area (Å²) < 4.78 is 23.0. The molecule has 6 nitrogen and oxygen atoms in total. The van der Waals surface area contributed by atoms with E-state index in [1.165, 1.54) is 37.5 Å². The van der Waals surface area contributed by atoms with Crippen molar-refractivity contribution in [1.82, 2.24) is 0 Å². The van der Waals surface area contributed by atoms with Gasteiger partial charge in [0.15, 0.2) is 5.60 Å². The van der Waals surface area contributed by atoms with E-state index >= 15 is 0 Å². The molecule has 1 fully saturated rings. The molecule has 0 aromatic heterocycles. The Kier molecular flexibility index (Phi) is 4.90. The Morgan fingerprint density at radius 3 is 2.37 bits per heavy atom. The summed E-state index contributed by atoms with van der Waals surface area (Å²) in [4.78, 5) is 37.7. The Morgan fingerprint density at radius 1 is 1.19 bits per heavy atom. The summed E-state index contributed by atoms with van der Waals surface area (Å²) in [5, 5.41) is 11.4. The summed E-state index contributed by atoms with van der Waals surface area (Å²) in [5.41, 5.74) is -2.95. The summed E-state index contributed by atoms with van der Waals surface area (Å²) in [6.45, 7) is 0. The van der Waals surface area contributed by atoms with Gasteiger partial charge in [-0.3, -0.25) is 4.79 Å². The van der Waals surface area contributed by atoms with E-state index in [9.17, 15) is 23.9 Å². The van der Waals surface area contributed by atoms with Crippen molar-refractivity contribution in [2.24, 2.45) is 5.41 Å². The fraction of sp³-hybridized carbons (Fsp3) is 0.450. The molecule has 0 amide bonds. The third-order valence-corrected chi connectivity index (χ3v) is 5.70. The highest BCUT2D eigenvalue weighted by Crippen LogP contribution is 2.55. The van der Waals surface area contributed by atoms with Crippen LogP contribution in [0.5, 0.6) is 0 Å². The standard InChI is InChI=1S/C20H21FO6/c1-26-17(23)15-10-19(9-3-4-16(19)22)20(25,18(24)27-2)11-14(15)12-5-7-13(21)8-6-12/h5-8,10,14,25H,3-4,9,11H2,1-2H3/t14-,19+,20-/m1/s1. The van der Waals surface area contributed by atoms with E-state index in [0.29, 0.717) is 12.0 Å². The van der Waals surface area contributed by atoms with Crippen LogP contribution in [0.3, 0.4) is 0 Å². The number of carbonyl (C=O) groups is 3. The fourth-order valence-electron chi connectivity index (χ4n) is 4.30. The average Bonchev–Trinajstić information content (AvgIpc) is 3.04.